The maximum Gasteiger partial charge on any atom is 0.113 e. The summed E-state index contributed by atoms with van der Waals surface area (Å²) in [5.74, 6) is 2.10. The van der Waals surface area contributed by atoms with Crippen LogP contribution in [-0.2, 0) is 5.75 Å². The highest BCUT2D eigenvalue weighted by Crippen LogP contribution is 2.41. The van der Waals surface area contributed by atoms with E-state index in [-0.39, 0.29) is 0 Å². The SMILES string of the molecule is CCCNC1CCC(C)(C)CC1SCc1ccco1. The van der Waals surface area contributed by atoms with Gasteiger partial charge in [-0.25, -0.2) is 0 Å². The largest absolute Gasteiger partial charge is 0.468 e. The minimum atomic E-state index is 0.491. The molecule has 0 aliphatic heterocycles. The van der Waals surface area contributed by atoms with Crippen LogP contribution in [0.1, 0.15) is 52.2 Å². The Morgan fingerprint density at radius 1 is 1.47 bits per heavy atom. The Bertz CT molecular complexity index is 361. The zero-order valence-corrected chi connectivity index (χ0v) is 13.3. The Kier molecular flexibility index (Phi) is 5.40. The molecule has 1 aromatic heterocycles. The summed E-state index contributed by atoms with van der Waals surface area (Å²) in [5.41, 5.74) is 0.491. The molecule has 1 aliphatic rings. The Labute approximate surface area is 121 Å². The molecular formula is C16H27NOS. The van der Waals surface area contributed by atoms with Crippen molar-refractivity contribution in [2.24, 2.45) is 5.41 Å². The molecule has 1 fully saturated rings. The van der Waals surface area contributed by atoms with Crippen LogP contribution in [0.15, 0.2) is 22.8 Å². The molecule has 19 heavy (non-hydrogen) atoms. The summed E-state index contributed by atoms with van der Waals surface area (Å²) in [6, 6.07) is 4.73. The topological polar surface area (TPSA) is 25.2 Å². The zero-order valence-electron chi connectivity index (χ0n) is 12.4. The molecule has 1 aromatic rings. The van der Waals surface area contributed by atoms with Crippen molar-refractivity contribution in [1.82, 2.24) is 5.32 Å². The van der Waals surface area contributed by atoms with Gasteiger partial charge in [0.25, 0.3) is 0 Å². The molecule has 0 saturated heterocycles. The molecule has 1 heterocycles. The van der Waals surface area contributed by atoms with Crippen molar-refractivity contribution in [3.8, 4) is 0 Å². The maximum atomic E-state index is 5.45. The summed E-state index contributed by atoms with van der Waals surface area (Å²) < 4.78 is 5.45. The molecule has 108 valence electrons. The highest BCUT2D eigenvalue weighted by molar-refractivity contribution is 7.99. The molecular weight excluding hydrogens is 254 g/mol. The van der Waals surface area contributed by atoms with Crippen LogP contribution in [0.3, 0.4) is 0 Å². The number of rotatable bonds is 6. The second-order valence-corrected chi connectivity index (χ2v) is 7.62. The van der Waals surface area contributed by atoms with Gasteiger partial charge in [-0.3, -0.25) is 0 Å². The molecule has 1 N–H and O–H groups in total. The normalized spacial score (nSPS) is 26.5. The minimum absolute atomic E-state index is 0.491. The Hall–Kier alpha value is -0.410. The molecule has 2 rings (SSSR count). The van der Waals surface area contributed by atoms with Crippen molar-refractivity contribution in [1.29, 1.82) is 0 Å². The number of furan rings is 1. The van der Waals surface area contributed by atoms with Crippen LogP contribution in [-0.4, -0.2) is 17.8 Å². The first-order valence-electron chi connectivity index (χ1n) is 7.48. The fourth-order valence-electron chi connectivity index (χ4n) is 2.84. The molecule has 2 atom stereocenters. The fraction of sp³-hybridized carbons (Fsp3) is 0.750. The van der Waals surface area contributed by atoms with Crippen LogP contribution in [0.2, 0.25) is 0 Å². The number of hydrogen-bond donors (Lipinski definition) is 1. The average Bonchev–Trinajstić information content (AvgIpc) is 2.87. The van der Waals surface area contributed by atoms with Gasteiger partial charge >= 0.3 is 0 Å². The van der Waals surface area contributed by atoms with E-state index >= 15 is 0 Å². The third-order valence-electron chi connectivity index (χ3n) is 4.01. The van der Waals surface area contributed by atoms with Crippen molar-refractivity contribution >= 4 is 11.8 Å². The quantitative estimate of drug-likeness (QED) is 0.833. The predicted octanol–water partition coefficient (Wildman–Crippen LogP) is 4.46. The second-order valence-electron chi connectivity index (χ2n) is 6.40. The lowest BCUT2D eigenvalue weighted by Crippen LogP contribution is -2.45. The van der Waals surface area contributed by atoms with Gasteiger partial charge in [-0.05, 0) is 49.8 Å². The molecule has 1 saturated carbocycles. The monoisotopic (exact) mass is 281 g/mol. The van der Waals surface area contributed by atoms with Gasteiger partial charge < -0.3 is 9.73 Å². The van der Waals surface area contributed by atoms with Crippen LogP contribution in [0.25, 0.3) is 0 Å². The lowest BCUT2D eigenvalue weighted by molar-refractivity contribution is 0.214. The lowest BCUT2D eigenvalue weighted by atomic mass is 9.75. The van der Waals surface area contributed by atoms with Gasteiger partial charge in [-0.15, -0.1) is 11.8 Å². The van der Waals surface area contributed by atoms with Crippen molar-refractivity contribution in [3.05, 3.63) is 24.2 Å². The predicted molar refractivity (Wildman–Crippen MR) is 83.5 cm³/mol. The van der Waals surface area contributed by atoms with Crippen LogP contribution < -0.4 is 5.32 Å². The molecule has 3 heteroatoms. The van der Waals surface area contributed by atoms with Gasteiger partial charge in [0.2, 0.25) is 0 Å². The summed E-state index contributed by atoms with van der Waals surface area (Å²) in [5, 5.41) is 4.45. The highest BCUT2D eigenvalue weighted by atomic mass is 32.2. The van der Waals surface area contributed by atoms with Gasteiger partial charge in [-0.1, -0.05) is 20.8 Å². The smallest absolute Gasteiger partial charge is 0.113 e. The van der Waals surface area contributed by atoms with Crippen LogP contribution in [0, 0.1) is 5.41 Å². The van der Waals surface area contributed by atoms with E-state index in [2.05, 4.69) is 43.9 Å². The molecule has 0 spiro atoms. The van der Waals surface area contributed by atoms with Gasteiger partial charge in [-0.2, -0.15) is 0 Å². The number of hydrogen-bond acceptors (Lipinski definition) is 3. The van der Waals surface area contributed by atoms with Gasteiger partial charge in [0.15, 0.2) is 0 Å². The van der Waals surface area contributed by atoms with Crippen molar-refractivity contribution in [2.45, 2.75) is 63.5 Å². The lowest BCUT2D eigenvalue weighted by Gasteiger charge is -2.41. The van der Waals surface area contributed by atoms with Gasteiger partial charge in [0.1, 0.15) is 5.76 Å². The molecule has 0 bridgehead atoms. The van der Waals surface area contributed by atoms with Crippen molar-refractivity contribution in [3.63, 3.8) is 0 Å². The van der Waals surface area contributed by atoms with Crippen molar-refractivity contribution in [2.75, 3.05) is 6.54 Å². The summed E-state index contributed by atoms with van der Waals surface area (Å²) in [4.78, 5) is 0. The van der Waals surface area contributed by atoms with E-state index in [0.29, 0.717) is 16.7 Å². The van der Waals surface area contributed by atoms with Gasteiger partial charge in [0, 0.05) is 11.3 Å². The highest BCUT2D eigenvalue weighted by Gasteiger charge is 2.34. The third-order valence-corrected chi connectivity index (χ3v) is 5.39. The zero-order chi connectivity index (χ0) is 13.7. The average molecular weight is 281 g/mol. The molecule has 0 radical (unpaired) electrons. The van der Waals surface area contributed by atoms with Crippen LogP contribution in [0.5, 0.6) is 0 Å². The van der Waals surface area contributed by atoms with E-state index in [0.717, 1.165) is 18.1 Å². The first kappa shape index (κ1) is 15.0. The number of thioether (sulfide) groups is 1. The number of nitrogens with one attached hydrogen (secondary N) is 1. The Morgan fingerprint density at radius 3 is 3.00 bits per heavy atom. The Morgan fingerprint density at radius 2 is 2.32 bits per heavy atom. The van der Waals surface area contributed by atoms with Crippen LogP contribution in [0.4, 0.5) is 0 Å². The summed E-state index contributed by atoms with van der Waals surface area (Å²) in [7, 11) is 0. The standard InChI is InChI=1S/C16H27NOS/c1-4-9-17-14-7-8-16(2,3)11-15(14)19-12-13-6-5-10-18-13/h5-6,10,14-15,17H,4,7-9,11-12H2,1-3H3. The molecule has 0 aromatic carbocycles. The second kappa shape index (κ2) is 6.85. The summed E-state index contributed by atoms with van der Waals surface area (Å²) in [6.07, 6.45) is 6.94. The van der Waals surface area contributed by atoms with E-state index in [1.807, 2.05) is 6.07 Å². The van der Waals surface area contributed by atoms with E-state index in [1.54, 1.807) is 6.26 Å². The molecule has 2 unspecified atom stereocenters. The van der Waals surface area contributed by atoms with Crippen LogP contribution >= 0.6 is 11.8 Å². The molecule has 1 aliphatic carbocycles. The fourth-order valence-corrected chi connectivity index (χ4v) is 4.42. The van der Waals surface area contributed by atoms with Crippen molar-refractivity contribution < 1.29 is 4.42 Å². The first-order chi connectivity index (χ1) is 9.11. The molecule has 0 amide bonds. The molecule has 2 nitrogen and oxygen atoms in total. The van der Waals surface area contributed by atoms with E-state index < -0.39 is 0 Å². The van der Waals surface area contributed by atoms with E-state index in [9.17, 15) is 0 Å². The van der Waals surface area contributed by atoms with E-state index in [4.69, 9.17) is 4.42 Å². The maximum absolute atomic E-state index is 5.45. The Balaban J connectivity index is 1.90. The van der Waals surface area contributed by atoms with E-state index in [1.165, 1.54) is 25.7 Å². The minimum Gasteiger partial charge on any atom is -0.468 e. The summed E-state index contributed by atoms with van der Waals surface area (Å²) >= 11 is 2.06. The first-order valence-corrected chi connectivity index (χ1v) is 8.53. The summed E-state index contributed by atoms with van der Waals surface area (Å²) in [6.45, 7) is 8.20. The third kappa shape index (κ3) is 4.57. The van der Waals surface area contributed by atoms with Gasteiger partial charge in [0.05, 0.1) is 12.0 Å².